The highest BCUT2D eigenvalue weighted by Gasteiger charge is 1.63. The maximum atomic E-state index is 8.11. The van der Waals surface area contributed by atoms with E-state index in [2.05, 4.69) is 10.3 Å². The summed E-state index contributed by atoms with van der Waals surface area (Å²) in [6.07, 6.45) is 3.05. The van der Waals surface area contributed by atoms with Crippen LogP contribution in [0.4, 0.5) is 0 Å². The molecular weight excluding hydrogens is 94.0 g/mol. The molecular formula is C4H9NO2. The lowest BCUT2D eigenvalue weighted by molar-refractivity contribution is 0.127. The zero-order valence-corrected chi connectivity index (χ0v) is 4.22. The molecule has 0 aliphatic rings. The van der Waals surface area contributed by atoms with Gasteiger partial charge in [0.2, 0.25) is 0 Å². The van der Waals surface area contributed by atoms with Gasteiger partial charge in [-0.1, -0.05) is 0 Å². The van der Waals surface area contributed by atoms with Crippen LogP contribution in [0.1, 0.15) is 0 Å². The van der Waals surface area contributed by atoms with Gasteiger partial charge in [0, 0.05) is 6.20 Å². The van der Waals surface area contributed by atoms with Gasteiger partial charge in [-0.15, -0.1) is 0 Å². The van der Waals surface area contributed by atoms with Crippen LogP contribution in [0.3, 0.4) is 0 Å². The second-order valence-electron chi connectivity index (χ2n) is 0.907. The maximum Gasteiger partial charge on any atom is 0.0636 e. The summed E-state index contributed by atoms with van der Waals surface area (Å²) in [6.45, 7) is 0.0381. The molecule has 0 aromatic heterocycles. The van der Waals surface area contributed by atoms with Crippen LogP contribution >= 0.6 is 0 Å². The summed E-state index contributed by atoms with van der Waals surface area (Å²) in [5.74, 6) is 0. The molecule has 0 atom stereocenters. The average molecular weight is 103 g/mol. The number of aliphatic hydroxyl groups is 1. The summed E-state index contributed by atoms with van der Waals surface area (Å²) in [7, 11) is 1.50. The van der Waals surface area contributed by atoms with Gasteiger partial charge in [0.25, 0.3) is 0 Å². The minimum absolute atomic E-state index is 0.0381. The van der Waals surface area contributed by atoms with E-state index in [0.717, 1.165) is 0 Å². The molecule has 0 bridgehead atoms. The smallest absolute Gasteiger partial charge is 0.0636 e. The topological polar surface area (TPSA) is 41.5 Å². The Labute approximate surface area is 42.6 Å². The van der Waals surface area contributed by atoms with E-state index in [1.165, 1.54) is 19.4 Å². The van der Waals surface area contributed by atoms with Gasteiger partial charge in [-0.05, 0) is 6.08 Å². The SMILES string of the molecule is CONC=CCO. The number of aliphatic hydroxyl groups excluding tert-OH is 1. The molecule has 0 unspecified atom stereocenters. The van der Waals surface area contributed by atoms with Crippen LogP contribution in [-0.2, 0) is 4.84 Å². The van der Waals surface area contributed by atoms with Crippen LogP contribution in [-0.4, -0.2) is 18.8 Å². The minimum Gasteiger partial charge on any atom is -0.392 e. The molecule has 2 N–H and O–H groups in total. The van der Waals surface area contributed by atoms with Crippen molar-refractivity contribution in [2.45, 2.75) is 0 Å². The fourth-order valence-corrected chi connectivity index (χ4v) is 0.169. The molecule has 42 valence electrons. The molecule has 0 rings (SSSR count). The molecule has 0 amide bonds. The fraction of sp³-hybridized carbons (Fsp3) is 0.500. The van der Waals surface area contributed by atoms with E-state index in [1.807, 2.05) is 0 Å². The van der Waals surface area contributed by atoms with E-state index >= 15 is 0 Å². The van der Waals surface area contributed by atoms with E-state index < -0.39 is 0 Å². The third-order valence-corrected chi connectivity index (χ3v) is 0.409. The fourth-order valence-electron chi connectivity index (χ4n) is 0.169. The Hall–Kier alpha value is -0.540. The molecule has 0 heterocycles. The molecule has 0 aromatic carbocycles. The molecule has 3 nitrogen and oxygen atoms in total. The predicted molar refractivity (Wildman–Crippen MR) is 26.4 cm³/mol. The van der Waals surface area contributed by atoms with Crippen molar-refractivity contribution in [3.05, 3.63) is 12.3 Å². The van der Waals surface area contributed by atoms with Crippen LogP contribution in [0.5, 0.6) is 0 Å². The third-order valence-electron chi connectivity index (χ3n) is 0.409. The predicted octanol–water partition coefficient (Wildman–Crippen LogP) is -0.357. The highest BCUT2D eigenvalue weighted by molar-refractivity contribution is 4.74. The van der Waals surface area contributed by atoms with Crippen molar-refractivity contribution in [1.82, 2.24) is 5.48 Å². The van der Waals surface area contributed by atoms with E-state index in [-0.39, 0.29) is 6.61 Å². The first kappa shape index (κ1) is 6.46. The molecule has 0 aromatic rings. The number of rotatable bonds is 3. The molecule has 0 saturated heterocycles. The molecule has 0 radical (unpaired) electrons. The minimum atomic E-state index is 0.0381. The lowest BCUT2D eigenvalue weighted by Crippen LogP contribution is -2.00. The average Bonchev–Trinajstić information content (AvgIpc) is 1.69. The van der Waals surface area contributed by atoms with Crippen molar-refractivity contribution in [3.63, 3.8) is 0 Å². The first-order valence-electron chi connectivity index (χ1n) is 1.96. The Morgan fingerprint density at radius 1 is 1.86 bits per heavy atom. The Balaban J connectivity index is 2.78. The van der Waals surface area contributed by atoms with Crippen LogP contribution in [0.25, 0.3) is 0 Å². The second-order valence-corrected chi connectivity index (χ2v) is 0.907. The van der Waals surface area contributed by atoms with Crippen LogP contribution in [0, 0.1) is 0 Å². The quantitative estimate of drug-likeness (QED) is 0.479. The summed E-state index contributed by atoms with van der Waals surface area (Å²) < 4.78 is 0. The van der Waals surface area contributed by atoms with Gasteiger partial charge in [0.05, 0.1) is 13.7 Å². The Kier molecular flexibility index (Phi) is 5.04. The summed E-state index contributed by atoms with van der Waals surface area (Å²) >= 11 is 0. The van der Waals surface area contributed by atoms with E-state index in [0.29, 0.717) is 0 Å². The monoisotopic (exact) mass is 103 g/mol. The molecule has 0 spiro atoms. The number of hydroxylamine groups is 1. The maximum absolute atomic E-state index is 8.11. The summed E-state index contributed by atoms with van der Waals surface area (Å²) in [5, 5.41) is 8.11. The standard InChI is InChI=1S/C4H9NO2/c1-7-5-3-2-4-6/h2-3,5-6H,4H2,1H3. The van der Waals surface area contributed by atoms with Gasteiger partial charge < -0.3 is 5.11 Å². The van der Waals surface area contributed by atoms with Crippen molar-refractivity contribution in [3.8, 4) is 0 Å². The normalized spacial score (nSPS) is 10.0. The Bertz CT molecular complexity index is 53.7. The molecule has 0 saturated carbocycles. The van der Waals surface area contributed by atoms with Crippen LogP contribution in [0.2, 0.25) is 0 Å². The Morgan fingerprint density at radius 3 is 3.00 bits per heavy atom. The van der Waals surface area contributed by atoms with Gasteiger partial charge in [0.1, 0.15) is 0 Å². The molecule has 3 heteroatoms. The summed E-state index contributed by atoms with van der Waals surface area (Å²) in [4.78, 5) is 4.40. The third kappa shape index (κ3) is 5.46. The van der Waals surface area contributed by atoms with Gasteiger partial charge >= 0.3 is 0 Å². The summed E-state index contributed by atoms with van der Waals surface area (Å²) in [5.41, 5.74) is 2.41. The number of nitrogens with one attached hydrogen (secondary N) is 1. The van der Waals surface area contributed by atoms with Crippen molar-refractivity contribution < 1.29 is 9.94 Å². The van der Waals surface area contributed by atoms with Crippen molar-refractivity contribution >= 4 is 0 Å². The summed E-state index contributed by atoms with van der Waals surface area (Å²) in [6, 6.07) is 0. The van der Waals surface area contributed by atoms with Gasteiger partial charge in [-0.3, -0.25) is 10.3 Å². The Morgan fingerprint density at radius 2 is 2.57 bits per heavy atom. The zero-order chi connectivity index (χ0) is 5.54. The molecule has 0 aliphatic carbocycles. The number of hydrogen-bond acceptors (Lipinski definition) is 3. The van der Waals surface area contributed by atoms with Crippen molar-refractivity contribution in [2.75, 3.05) is 13.7 Å². The molecule has 7 heavy (non-hydrogen) atoms. The van der Waals surface area contributed by atoms with E-state index in [4.69, 9.17) is 5.11 Å². The van der Waals surface area contributed by atoms with Crippen molar-refractivity contribution in [2.24, 2.45) is 0 Å². The second kappa shape index (κ2) is 5.46. The van der Waals surface area contributed by atoms with Gasteiger partial charge in [0.15, 0.2) is 0 Å². The van der Waals surface area contributed by atoms with Crippen LogP contribution < -0.4 is 5.48 Å². The van der Waals surface area contributed by atoms with E-state index in [9.17, 15) is 0 Å². The largest absolute Gasteiger partial charge is 0.392 e. The zero-order valence-electron chi connectivity index (χ0n) is 4.22. The first-order chi connectivity index (χ1) is 3.41. The van der Waals surface area contributed by atoms with E-state index in [1.54, 1.807) is 0 Å². The highest BCUT2D eigenvalue weighted by atomic mass is 16.6. The number of hydrogen-bond donors (Lipinski definition) is 2. The van der Waals surface area contributed by atoms with Crippen molar-refractivity contribution in [1.29, 1.82) is 0 Å². The highest BCUT2D eigenvalue weighted by Crippen LogP contribution is 1.61. The lowest BCUT2D eigenvalue weighted by atomic mass is 10.7. The van der Waals surface area contributed by atoms with Gasteiger partial charge in [-0.25, -0.2) is 0 Å². The van der Waals surface area contributed by atoms with Gasteiger partial charge in [-0.2, -0.15) is 0 Å². The first-order valence-corrected chi connectivity index (χ1v) is 1.96. The molecule has 0 aliphatic heterocycles. The molecule has 0 fully saturated rings. The lowest BCUT2D eigenvalue weighted by Gasteiger charge is -1.88. The van der Waals surface area contributed by atoms with Crippen LogP contribution in [0.15, 0.2) is 12.3 Å².